The lowest BCUT2D eigenvalue weighted by Gasteiger charge is -2.27. The first-order valence-corrected chi connectivity index (χ1v) is 12.7. The molecule has 1 fully saturated rings. The molecule has 4 aromatic carbocycles. The summed E-state index contributed by atoms with van der Waals surface area (Å²) in [6.07, 6.45) is 1.51. The highest BCUT2D eigenvalue weighted by Gasteiger charge is 2.43. The molecule has 0 spiro atoms. The summed E-state index contributed by atoms with van der Waals surface area (Å²) in [6, 6.07) is 37.3. The number of imidazole rings is 1. The van der Waals surface area contributed by atoms with Gasteiger partial charge >= 0.3 is 0 Å². The van der Waals surface area contributed by atoms with Crippen LogP contribution in [0.4, 0.5) is 11.4 Å². The van der Waals surface area contributed by atoms with E-state index in [0.717, 1.165) is 11.3 Å². The summed E-state index contributed by atoms with van der Waals surface area (Å²) in [7, 11) is 0. The number of hydrogen-bond acceptors (Lipinski definition) is 5. The van der Waals surface area contributed by atoms with E-state index in [-0.39, 0.29) is 5.57 Å². The summed E-state index contributed by atoms with van der Waals surface area (Å²) in [4.78, 5) is 37.1. The van der Waals surface area contributed by atoms with E-state index >= 15 is 0 Å². The maximum atomic E-state index is 13.9. The molecule has 40 heavy (non-hydrogen) atoms. The van der Waals surface area contributed by atoms with E-state index in [1.807, 2.05) is 97.1 Å². The molecule has 0 unspecified atom stereocenters. The monoisotopic (exact) mass is 523 g/mol. The average molecular weight is 524 g/mol. The highest BCUT2D eigenvalue weighted by atomic mass is 16.4. The van der Waals surface area contributed by atoms with Crippen LogP contribution < -0.4 is 10.0 Å². The number of nitrogens with zero attached hydrogens (tertiary/aromatic N) is 5. The van der Waals surface area contributed by atoms with Gasteiger partial charge in [0.2, 0.25) is 11.5 Å². The van der Waals surface area contributed by atoms with Gasteiger partial charge in [-0.3, -0.25) is 14.2 Å². The molecule has 1 aliphatic rings. The van der Waals surface area contributed by atoms with Crippen LogP contribution >= 0.6 is 0 Å². The number of aromatic nitrogens is 3. The summed E-state index contributed by atoms with van der Waals surface area (Å²) in [5.41, 5.74) is 3.48. The third-order valence-corrected chi connectivity index (χ3v) is 6.60. The van der Waals surface area contributed by atoms with Crippen LogP contribution in [-0.4, -0.2) is 26.3 Å². The second-order valence-corrected chi connectivity index (χ2v) is 9.12. The first kappa shape index (κ1) is 23.4. The Hall–Kier alpha value is -5.76. The quantitative estimate of drug-likeness (QED) is 0.203. The van der Waals surface area contributed by atoms with Crippen molar-refractivity contribution in [2.45, 2.75) is 0 Å². The highest BCUT2D eigenvalue weighted by Crippen LogP contribution is 2.34. The Morgan fingerprint density at radius 1 is 0.575 bits per heavy atom. The van der Waals surface area contributed by atoms with E-state index < -0.39 is 11.8 Å². The van der Waals surface area contributed by atoms with Crippen LogP contribution in [0.1, 0.15) is 5.82 Å². The fraction of sp³-hybridized carbons (Fsp3) is 0. The van der Waals surface area contributed by atoms with Crippen molar-refractivity contribution in [1.82, 2.24) is 14.5 Å². The molecular weight excluding hydrogens is 502 g/mol. The molecule has 0 atom stereocenters. The maximum absolute atomic E-state index is 13.9. The highest BCUT2D eigenvalue weighted by molar-refractivity contribution is 6.38. The first-order valence-electron chi connectivity index (χ1n) is 12.7. The van der Waals surface area contributed by atoms with Crippen molar-refractivity contribution < 1.29 is 14.0 Å². The van der Waals surface area contributed by atoms with Gasteiger partial charge in [-0.1, -0.05) is 72.8 Å². The van der Waals surface area contributed by atoms with Crippen molar-refractivity contribution in [2.24, 2.45) is 0 Å². The van der Waals surface area contributed by atoms with Gasteiger partial charge in [0, 0.05) is 17.3 Å². The Morgan fingerprint density at radius 3 is 1.57 bits per heavy atom. The van der Waals surface area contributed by atoms with E-state index in [9.17, 15) is 9.59 Å². The molecule has 0 saturated carbocycles. The third-order valence-electron chi connectivity index (χ3n) is 6.60. The minimum atomic E-state index is -0.461. The van der Waals surface area contributed by atoms with Gasteiger partial charge in [-0.15, -0.1) is 0 Å². The Balaban J connectivity index is 1.40. The van der Waals surface area contributed by atoms with Crippen LogP contribution in [-0.2, 0) is 9.59 Å². The number of fused-ring (bicyclic) bond motifs is 1. The number of hydrazine groups is 1. The molecule has 0 bridgehead atoms. The van der Waals surface area contributed by atoms with Gasteiger partial charge in [0.05, 0.1) is 11.4 Å². The van der Waals surface area contributed by atoms with Gasteiger partial charge in [0.15, 0.2) is 0 Å². The molecule has 8 nitrogen and oxygen atoms in total. The van der Waals surface area contributed by atoms with Crippen molar-refractivity contribution in [2.75, 3.05) is 10.0 Å². The topological polar surface area (TPSA) is 84.5 Å². The summed E-state index contributed by atoms with van der Waals surface area (Å²) >= 11 is 0. The zero-order valence-corrected chi connectivity index (χ0v) is 21.1. The summed E-state index contributed by atoms with van der Waals surface area (Å²) in [5.74, 6) is -0.137. The van der Waals surface area contributed by atoms with E-state index in [2.05, 4.69) is 4.98 Å². The van der Waals surface area contributed by atoms with Crippen LogP contribution in [0.25, 0.3) is 34.6 Å². The summed E-state index contributed by atoms with van der Waals surface area (Å²) in [6.45, 7) is 0. The molecule has 7 rings (SSSR count). The molecule has 8 heteroatoms. The smallest absolute Gasteiger partial charge is 0.283 e. The molecule has 0 radical (unpaired) electrons. The Labute approximate surface area is 229 Å². The normalized spacial score (nSPS) is 13.4. The largest absolute Gasteiger partial charge is 0.416 e. The molecule has 0 N–H and O–H groups in total. The lowest BCUT2D eigenvalue weighted by molar-refractivity contribution is -0.116. The first-order chi connectivity index (χ1) is 19.7. The van der Waals surface area contributed by atoms with E-state index in [1.54, 1.807) is 28.8 Å². The summed E-state index contributed by atoms with van der Waals surface area (Å²) in [5, 5.41) is 2.77. The fourth-order valence-electron chi connectivity index (χ4n) is 4.78. The van der Waals surface area contributed by atoms with Crippen LogP contribution in [0, 0.1) is 0 Å². The minimum absolute atomic E-state index is 0.0270. The molecule has 192 valence electrons. The second-order valence-electron chi connectivity index (χ2n) is 9.12. The number of para-hydroxylation sites is 3. The van der Waals surface area contributed by atoms with Gasteiger partial charge in [-0.05, 0) is 48.5 Å². The maximum Gasteiger partial charge on any atom is 0.283 e. The van der Waals surface area contributed by atoms with Crippen molar-refractivity contribution >= 4 is 40.6 Å². The third kappa shape index (κ3) is 3.86. The molecule has 0 aliphatic carbocycles. The molecule has 6 aromatic rings. The number of carbonyl (C=O) groups is 2. The van der Waals surface area contributed by atoms with Gasteiger partial charge in [-0.2, -0.15) is 9.97 Å². The molecule has 3 heterocycles. The van der Waals surface area contributed by atoms with Crippen LogP contribution in [0.2, 0.25) is 0 Å². The fourth-order valence-corrected chi connectivity index (χ4v) is 4.78. The molecular formula is C32H21N5O3. The number of oxazole rings is 1. The van der Waals surface area contributed by atoms with Gasteiger partial charge in [-0.25, -0.2) is 10.0 Å². The number of rotatable bonds is 5. The number of carbonyl (C=O) groups excluding carboxylic acids is 2. The Bertz CT molecular complexity index is 1820. The lowest BCUT2D eigenvalue weighted by Crippen LogP contribution is -2.41. The lowest BCUT2D eigenvalue weighted by atomic mass is 10.2. The van der Waals surface area contributed by atoms with Crippen LogP contribution in [0.5, 0.6) is 0 Å². The Kier molecular flexibility index (Phi) is 5.56. The average Bonchev–Trinajstić information content (AvgIpc) is 3.64. The molecule has 1 aliphatic heterocycles. The number of benzene rings is 4. The number of amides is 2. The predicted molar refractivity (Wildman–Crippen MR) is 152 cm³/mol. The van der Waals surface area contributed by atoms with E-state index in [1.165, 1.54) is 16.1 Å². The second kappa shape index (κ2) is 9.52. The van der Waals surface area contributed by atoms with E-state index in [4.69, 9.17) is 9.40 Å². The number of hydrogen-bond donors (Lipinski definition) is 0. The zero-order chi connectivity index (χ0) is 27.1. The van der Waals surface area contributed by atoms with Crippen molar-refractivity contribution in [3.05, 3.63) is 133 Å². The SMILES string of the molecule is O=C1C(=Cc2nc3oc(-c4ccccc4)nc3n2-c2ccccc2)C(=O)N(c2ccccc2)N1c1ccccc1. The van der Waals surface area contributed by atoms with Crippen LogP contribution in [0.3, 0.4) is 0 Å². The van der Waals surface area contributed by atoms with Crippen molar-refractivity contribution in [1.29, 1.82) is 0 Å². The zero-order valence-electron chi connectivity index (χ0n) is 21.1. The number of anilines is 2. The van der Waals surface area contributed by atoms with Gasteiger partial charge in [0.1, 0.15) is 11.4 Å². The molecule has 2 aromatic heterocycles. The summed E-state index contributed by atoms with van der Waals surface area (Å²) < 4.78 is 7.82. The van der Waals surface area contributed by atoms with E-state index in [0.29, 0.717) is 34.5 Å². The standard InChI is InChI=1S/C32H21N5O3/c38-31-26(32(39)37(25-19-11-4-12-20-25)36(31)24-17-9-3-10-18-24)21-27-33-30-28(35(27)23-15-7-2-8-16-23)34-29(40-30)22-13-5-1-6-14-22/h1-21H. The van der Waals surface area contributed by atoms with Gasteiger partial charge < -0.3 is 4.42 Å². The van der Waals surface area contributed by atoms with Crippen molar-refractivity contribution in [3.8, 4) is 17.1 Å². The minimum Gasteiger partial charge on any atom is -0.416 e. The molecule has 2 amide bonds. The van der Waals surface area contributed by atoms with Crippen LogP contribution in [0.15, 0.2) is 131 Å². The van der Waals surface area contributed by atoms with Crippen molar-refractivity contribution in [3.63, 3.8) is 0 Å². The Morgan fingerprint density at radius 2 is 1.05 bits per heavy atom. The predicted octanol–water partition coefficient (Wildman–Crippen LogP) is 6.06. The molecule has 1 saturated heterocycles. The van der Waals surface area contributed by atoms with Gasteiger partial charge in [0.25, 0.3) is 17.5 Å².